The van der Waals surface area contributed by atoms with E-state index in [2.05, 4.69) is 127 Å². The second kappa shape index (κ2) is 9.55. The summed E-state index contributed by atoms with van der Waals surface area (Å²) < 4.78 is 5.79. The highest BCUT2D eigenvalue weighted by molar-refractivity contribution is 7.87. The van der Waals surface area contributed by atoms with Gasteiger partial charge in [-0.15, -0.1) is 0 Å². The van der Waals surface area contributed by atoms with Crippen LogP contribution < -0.4 is 15.9 Å². The van der Waals surface area contributed by atoms with Crippen molar-refractivity contribution in [2.75, 3.05) is 0 Å². The molecule has 0 saturated carbocycles. The van der Waals surface area contributed by atoms with Crippen LogP contribution in [-0.2, 0) is 0 Å². The molecule has 0 fully saturated rings. The lowest BCUT2D eigenvalue weighted by atomic mass is 9.91. The largest absolute Gasteiger partial charge is 0.282 e. The van der Waals surface area contributed by atoms with Crippen molar-refractivity contribution in [3.63, 3.8) is 0 Å². The molecule has 1 aliphatic carbocycles. The van der Waals surface area contributed by atoms with Crippen molar-refractivity contribution in [3.05, 3.63) is 133 Å². The van der Waals surface area contributed by atoms with E-state index >= 15 is 0 Å². The zero-order valence-corrected chi connectivity index (χ0v) is 19.1. The maximum Gasteiger partial charge on any atom is 0.0682 e. The van der Waals surface area contributed by atoms with Crippen molar-refractivity contribution in [2.24, 2.45) is 4.74 Å². The van der Waals surface area contributed by atoms with Crippen LogP contribution in [0.15, 0.2) is 132 Å². The SMILES string of the molecule is C1=C(c2ccccc2)CCCC1N=P(c1ccccc1)(c1ccccc1)c1ccccc1. The summed E-state index contributed by atoms with van der Waals surface area (Å²) in [7, 11) is -2.16. The van der Waals surface area contributed by atoms with Crippen LogP contribution in [-0.4, -0.2) is 6.04 Å². The summed E-state index contributed by atoms with van der Waals surface area (Å²) in [6.45, 7) is 0. The van der Waals surface area contributed by atoms with Gasteiger partial charge in [-0.1, -0.05) is 127 Å². The molecule has 158 valence electrons. The monoisotopic (exact) mass is 433 g/mol. The van der Waals surface area contributed by atoms with E-state index < -0.39 is 7.05 Å². The molecule has 4 aromatic carbocycles. The van der Waals surface area contributed by atoms with Crippen molar-refractivity contribution in [1.29, 1.82) is 0 Å². The Morgan fingerprint density at radius 2 is 1.00 bits per heavy atom. The fraction of sp³-hybridized carbons (Fsp3) is 0.133. The minimum atomic E-state index is -2.16. The molecule has 0 N–H and O–H groups in total. The standard InChI is InChI=1S/C30H28NP/c1-5-14-25(15-6-1)26-16-13-17-27(24-26)31-32(28-18-7-2-8-19-28,29-20-9-3-10-21-29)30-22-11-4-12-23-30/h1-12,14-15,18-24,27H,13,16-17H2. The molecule has 1 aliphatic rings. The number of rotatable bonds is 5. The van der Waals surface area contributed by atoms with Crippen LogP contribution in [0.5, 0.6) is 0 Å². The minimum Gasteiger partial charge on any atom is -0.282 e. The molecular weight excluding hydrogens is 405 g/mol. The maximum atomic E-state index is 5.79. The van der Waals surface area contributed by atoms with Crippen LogP contribution in [0.4, 0.5) is 0 Å². The molecule has 4 aromatic rings. The molecule has 0 heterocycles. The van der Waals surface area contributed by atoms with Gasteiger partial charge < -0.3 is 0 Å². The van der Waals surface area contributed by atoms with Crippen LogP contribution in [0, 0.1) is 0 Å². The molecule has 1 atom stereocenters. The maximum absolute atomic E-state index is 5.79. The van der Waals surface area contributed by atoms with Gasteiger partial charge in [0, 0.05) is 15.9 Å². The zero-order chi connectivity index (χ0) is 21.6. The normalized spacial score (nSPS) is 16.2. The van der Waals surface area contributed by atoms with E-state index in [0.717, 1.165) is 12.8 Å². The Balaban J connectivity index is 1.76. The highest BCUT2D eigenvalue weighted by atomic mass is 31.2. The number of nitrogens with zero attached hydrogens (tertiary/aromatic N) is 1. The number of allylic oxidation sites excluding steroid dienone is 1. The Morgan fingerprint density at radius 3 is 1.47 bits per heavy atom. The summed E-state index contributed by atoms with van der Waals surface area (Å²) in [6, 6.07) is 43.8. The van der Waals surface area contributed by atoms with Gasteiger partial charge >= 0.3 is 0 Å². The molecule has 0 bridgehead atoms. The van der Waals surface area contributed by atoms with Crippen molar-refractivity contribution < 1.29 is 0 Å². The van der Waals surface area contributed by atoms with Crippen LogP contribution >= 0.6 is 7.05 Å². The molecule has 0 aromatic heterocycles. The highest BCUT2D eigenvalue weighted by Crippen LogP contribution is 2.48. The van der Waals surface area contributed by atoms with Gasteiger partial charge in [0.05, 0.1) is 13.1 Å². The van der Waals surface area contributed by atoms with E-state index in [9.17, 15) is 0 Å². The van der Waals surface area contributed by atoms with Crippen LogP contribution in [0.1, 0.15) is 24.8 Å². The number of hydrogen-bond donors (Lipinski definition) is 0. The van der Waals surface area contributed by atoms with Crippen molar-refractivity contribution >= 4 is 28.5 Å². The summed E-state index contributed by atoms with van der Waals surface area (Å²) in [5.41, 5.74) is 2.76. The predicted octanol–water partition coefficient (Wildman–Crippen LogP) is 6.80. The molecule has 1 nitrogen and oxygen atoms in total. The van der Waals surface area contributed by atoms with Gasteiger partial charge in [-0.25, -0.2) is 0 Å². The second-order valence-corrected chi connectivity index (χ2v) is 11.3. The van der Waals surface area contributed by atoms with E-state index in [1.807, 2.05) is 0 Å². The average Bonchev–Trinajstić information content (AvgIpc) is 2.89. The van der Waals surface area contributed by atoms with E-state index in [1.165, 1.54) is 33.5 Å². The molecule has 1 unspecified atom stereocenters. The first-order valence-electron chi connectivity index (χ1n) is 11.4. The average molecular weight is 434 g/mol. The molecule has 0 spiro atoms. The van der Waals surface area contributed by atoms with Crippen LogP contribution in [0.25, 0.3) is 5.57 Å². The molecule has 0 aliphatic heterocycles. The van der Waals surface area contributed by atoms with Gasteiger partial charge in [0.1, 0.15) is 0 Å². The Kier molecular flexibility index (Phi) is 6.19. The predicted molar refractivity (Wildman–Crippen MR) is 140 cm³/mol. The molecule has 0 amide bonds. The molecule has 2 heteroatoms. The van der Waals surface area contributed by atoms with Gasteiger partial charge in [0.25, 0.3) is 0 Å². The summed E-state index contributed by atoms with van der Waals surface area (Å²) in [5, 5.41) is 3.95. The van der Waals surface area contributed by atoms with Crippen molar-refractivity contribution in [1.82, 2.24) is 0 Å². The molecule has 32 heavy (non-hydrogen) atoms. The van der Waals surface area contributed by atoms with Gasteiger partial charge in [-0.3, -0.25) is 4.74 Å². The first-order chi connectivity index (χ1) is 15.9. The fourth-order valence-electron chi connectivity index (χ4n) is 4.69. The first-order valence-corrected chi connectivity index (χ1v) is 13.1. The van der Waals surface area contributed by atoms with Gasteiger partial charge in [0.15, 0.2) is 0 Å². The third kappa shape index (κ3) is 4.14. The summed E-state index contributed by atoms with van der Waals surface area (Å²) in [5.74, 6) is 0. The lowest BCUT2D eigenvalue weighted by molar-refractivity contribution is 0.661. The third-order valence-corrected chi connectivity index (χ3v) is 9.97. The number of hydrogen-bond acceptors (Lipinski definition) is 1. The molecular formula is C30H28NP. The number of benzene rings is 4. The Bertz CT molecular complexity index is 1130. The summed E-state index contributed by atoms with van der Waals surface area (Å²) in [4.78, 5) is 0. The van der Waals surface area contributed by atoms with E-state index in [-0.39, 0.29) is 6.04 Å². The fourth-order valence-corrected chi connectivity index (χ4v) is 8.42. The second-order valence-electron chi connectivity index (χ2n) is 8.28. The smallest absolute Gasteiger partial charge is 0.0682 e. The quantitative estimate of drug-likeness (QED) is 0.307. The lowest BCUT2D eigenvalue weighted by Crippen LogP contribution is -2.27. The summed E-state index contributed by atoms with van der Waals surface area (Å²) in [6.07, 6.45) is 5.84. The Morgan fingerprint density at radius 1 is 0.562 bits per heavy atom. The van der Waals surface area contributed by atoms with E-state index in [4.69, 9.17) is 4.74 Å². The summed E-state index contributed by atoms with van der Waals surface area (Å²) >= 11 is 0. The Labute approximate surface area is 191 Å². The van der Waals surface area contributed by atoms with Crippen molar-refractivity contribution in [3.8, 4) is 0 Å². The molecule has 5 rings (SSSR count). The van der Waals surface area contributed by atoms with Crippen LogP contribution in [0.2, 0.25) is 0 Å². The Hall–Kier alpha value is -3.15. The van der Waals surface area contributed by atoms with Crippen LogP contribution in [0.3, 0.4) is 0 Å². The third-order valence-electron chi connectivity index (χ3n) is 6.20. The molecule has 0 radical (unpaired) electrons. The van der Waals surface area contributed by atoms with Gasteiger partial charge in [-0.05, 0) is 30.4 Å². The van der Waals surface area contributed by atoms with Gasteiger partial charge in [-0.2, -0.15) is 0 Å². The zero-order valence-electron chi connectivity index (χ0n) is 18.2. The highest BCUT2D eigenvalue weighted by Gasteiger charge is 2.29. The lowest BCUT2D eigenvalue weighted by Gasteiger charge is -2.30. The molecule has 0 saturated heterocycles. The van der Waals surface area contributed by atoms with E-state index in [0.29, 0.717) is 0 Å². The first kappa shape index (κ1) is 20.7. The van der Waals surface area contributed by atoms with E-state index in [1.54, 1.807) is 0 Å². The van der Waals surface area contributed by atoms with Gasteiger partial charge in [0.2, 0.25) is 0 Å². The topological polar surface area (TPSA) is 12.4 Å². The minimum absolute atomic E-state index is 0.202. The van der Waals surface area contributed by atoms with Crippen molar-refractivity contribution in [2.45, 2.75) is 25.3 Å².